The SMILES string of the molecule is CC[C@]1(C)CN(Cc2nc3sc4c(c3c(=O)[nH]2)CCC4)CCO1. The molecule has 0 aromatic carbocycles. The molecular weight excluding hydrogens is 310 g/mol. The zero-order valence-corrected chi connectivity index (χ0v) is 14.6. The van der Waals surface area contributed by atoms with Crippen LogP contribution < -0.4 is 5.56 Å². The number of aromatic amines is 1. The van der Waals surface area contributed by atoms with Crippen molar-refractivity contribution in [2.75, 3.05) is 19.7 Å². The smallest absolute Gasteiger partial charge is 0.259 e. The molecule has 1 N–H and O–H groups in total. The molecule has 0 spiro atoms. The number of nitrogens with one attached hydrogen (secondary N) is 1. The molecule has 1 saturated heterocycles. The molecule has 6 heteroatoms. The van der Waals surface area contributed by atoms with Crippen molar-refractivity contribution in [2.45, 2.75) is 51.7 Å². The molecule has 0 bridgehead atoms. The van der Waals surface area contributed by atoms with Gasteiger partial charge in [-0.3, -0.25) is 9.69 Å². The van der Waals surface area contributed by atoms with Gasteiger partial charge in [0.05, 0.1) is 24.1 Å². The van der Waals surface area contributed by atoms with Crippen molar-refractivity contribution in [1.82, 2.24) is 14.9 Å². The van der Waals surface area contributed by atoms with Gasteiger partial charge in [0.1, 0.15) is 10.7 Å². The first-order valence-corrected chi connectivity index (χ1v) is 9.29. The second-order valence-corrected chi connectivity index (χ2v) is 8.00. The number of aromatic nitrogens is 2. The average Bonchev–Trinajstić information content (AvgIpc) is 3.07. The number of nitrogens with zero attached hydrogens (tertiary/aromatic N) is 2. The number of rotatable bonds is 3. The molecule has 2 aromatic rings. The van der Waals surface area contributed by atoms with Gasteiger partial charge in [0.15, 0.2) is 0 Å². The minimum Gasteiger partial charge on any atom is -0.373 e. The number of fused-ring (bicyclic) bond motifs is 3. The second-order valence-electron chi connectivity index (χ2n) is 6.91. The number of hydrogen-bond donors (Lipinski definition) is 1. The molecule has 5 nitrogen and oxygen atoms in total. The fraction of sp³-hybridized carbons (Fsp3) is 0.647. The number of thiophene rings is 1. The summed E-state index contributed by atoms with van der Waals surface area (Å²) in [6.07, 6.45) is 4.28. The Labute approximate surface area is 139 Å². The summed E-state index contributed by atoms with van der Waals surface area (Å²) >= 11 is 1.71. The van der Waals surface area contributed by atoms with Crippen LogP contribution in [0.3, 0.4) is 0 Å². The summed E-state index contributed by atoms with van der Waals surface area (Å²) in [6.45, 7) is 7.51. The molecule has 1 aliphatic heterocycles. The van der Waals surface area contributed by atoms with Crippen molar-refractivity contribution in [3.8, 4) is 0 Å². The van der Waals surface area contributed by atoms with Gasteiger partial charge in [0, 0.05) is 18.0 Å². The molecule has 1 fully saturated rings. The Kier molecular flexibility index (Phi) is 3.78. The quantitative estimate of drug-likeness (QED) is 0.937. The molecule has 23 heavy (non-hydrogen) atoms. The number of morpholine rings is 1. The van der Waals surface area contributed by atoms with Gasteiger partial charge >= 0.3 is 0 Å². The van der Waals surface area contributed by atoms with Crippen molar-refractivity contribution < 1.29 is 4.74 Å². The molecule has 1 aliphatic carbocycles. The van der Waals surface area contributed by atoms with E-state index in [9.17, 15) is 4.79 Å². The van der Waals surface area contributed by atoms with E-state index in [1.807, 2.05) is 0 Å². The van der Waals surface area contributed by atoms with Crippen LogP contribution in [0.1, 0.15) is 43.0 Å². The third-order valence-electron chi connectivity index (χ3n) is 5.16. The first-order valence-electron chi connectivity index (χ1n) is 8.48. The fourth-order valence-electron chi connectivity index (χ4n) is 3.70. The second kappa shape index (κ2) is 5.69. The van der Waals surface area contributed by atoms with Crippen LogP contribution in [0, 0.1) is 0 Å². The van der Waals surface area contributed by atoms with Crippen LogP contribution in [0.2, 0.25) is 0 Å². The molecule has 4 rings (SSSR count). The maximum Gasteiger partial charge on any atom is 0.259 e. The average molecular weight is 333 g/mol. The summed E-state index contributed by atoms with van der Waals surface area (Å²) in [7, 11) is 0. The van der Waals surface area contributed by atoms with Gasteiger partial charge in [-0.2, -0.15) is 0 Å². The Balaban J connectivity index is 1.61. The fourth-order valence-corrected chi connectivity index (χ4v) is 4.98. The van der Waals surface area contributed by atoms with Gasteiger partial charge in [-0.25, -0.2) is 4.98 Å². The first kappa shape index (κ1) is 15.3. The van der Waals surface area contributed by atoms with Crippen LogP contribution in [0.25, 0.3) is 10.2 Å². The predicted molar refractivity (Wildman–Crippen MR) is 92.2 cm³/mol. The van der Waals surface area contributed by atoms with Crippen LogP contribution in [-0.4, -0.2) is 40.2 Å². The van der Waals surface area contributed by atoms with Crippen molar-refractivity contribution in [3.63, 3.8) is 0 Å². The highest BCUT2D eigenvalue weighted by atomic mass is 32.1. The van der Waals surface area contributed by atoms with E-state index in [0.717, 1.165) is 55.0 Å². The van der Waals surface area contributed by atoms with Gasteiger partial charge in [0.2, 0.25) is 0 Å². The highest BCUT2D eigenvalue weighted by Gasteiger charge is 2.30. The summed E-state index contributed by atoms with van der Waals surface area (Å²) in [5, 5.41) is 0.839. The lowest BCUT2D eigenvalue weighted by atomic mass is 10.0. The lowest BCUT2D eigenvalue weighted by Gasteiger charge is -2.39. The van der Waals surface area contributed by atoms with Crippen molar-refractivity contribution in [1.29, 1.82) is 0 Å². The third kappa shape index (κ3) is 2.73. The van der Waals surface area contributed by atoms with E-state index < -0.39 is 0 Å². The zero-order chi connectivity index (χ0) is 16.0. The van der Waals surface area contributed by atoms with Gasteiger partial charge in [-0.15, -0.1) is 11.3 Å². The summed E-state index contributed by atoms with van der Waals surface area (Å²) < 4.78 is 5.89. The standard InChI is InChI=1S/C17H23N3O2S/c1-3-17(2)10-20(7-8-22-17)9-13-18-15(21)14-11-5-4-6-12(11)23-16(14)19-13/h3-10H2,1-2H3,(H,18,19,21)/t17-/m1/s1. The molecule has 0 unspecified atom stereocenters. The van der Waals surface area contributed by atoms with Gasteiger partial charge in [-0.1, -0.05) is 6.92 Å². The van der Waals surface area contributed by atoms with E-state index in [0.29, 0.717) is 6.54 Å². The molecule has 124 valence electrons. The highest BCUT2D eigenvalue weighted by Crippen LogP contribution is 2.34. The Hall–Kier alpha value is -1.24. The zero-order valence-electron chi connectivity index (χ0n) is 13.8. The maximum atomic E-state index is 12.5. The monoisotopic (exact) mass is 333 g/mol. The normalized spacial score (nSPS) is 25.1. The minimum absolute atomic E-state index is 0.0379. The van der Waals surface area contributed by atoms with E-state index in [1.54, 1.807) is 11.3 Å². The first-order chi connectivity index (χ1) is 11.1. The summed E-state index contributed by atoms with van der Waals surface area (Å²) in [5.74, 6) is 0.780. The summed E-state index contributed by atoms with van der Waals surface area (Å²) in [6, 6.07) is 0. The van der Waals surface area contributed by atoms with Crippen LogP contribution >= 0.6 is 11.3 Å². The molecule has 1 atom stereocenters. The molecule has 2 aliphatic rings. The van der Waals surface area contributed by atoms with Crippen molar-refractivity contribution >= 4 is 21.6 Å². The van der Waals surface area contributed by atoms with Crippen molar-refractivity contribution in [3.05, 3.63) is 26.6 Å². The van der Waals surface area contributed by atoms with Crippen LogP contribution in [0.5, 0.6) is 0 Å². The van der Waals surface area contributed by atoms with Crippen LogP contribution in [-0.2, 0) is 24.1 Å². The summed E-state index contributed by atoms with van der Waals surface area (Å²) in [4.78, 5) is 24.9. The van der Waals surface area contributed by atoms with E-state index in [-0.39, 0.29) is 11.2 Å². The van der Waals surface area contributed by atoms with Gasteiger partial charge in [-0.05, 0) is 38.2 Å². The highest BCUT2D eigenvalue weighted by molar-refractivity contribution is 7.18. The Morgan fingerprint density at radius 1 is 1.43 bits per heavy atom. The number of H-pyrrole nitrogens is 1. The van der Waals surface area contributed by atoms with Crippen molar-refractivity contribution in [2.24, 2.45) is 0 Å². The Bertz CT molecular complexity index is 797. The third-order valence-corrected chi connectivity index (χ3v) is 6.35. The minimum atomic E-state index is -0.0905. The molecule has 0 saturated carbocycles. The summed E-state index contributed by atoms with van der Waals surface area (Å²) in [5.41, 5.74) is 1.19. The number of hydrogen-bond acceptors (Lipinski definition) is 5. The van der Waals surface area contributed by atoms with E-state index in [1.165, 1.54) is 16.9 Å². The predicted octanol–water partition coefficient (Wildman–Crippen LogP) is 2.47. The Morgan fingerprint density at radius 3 is 3.13 bits per heavy atom. The van der Waals surface area contributed by atoms with E-state index in [2.05, 4.69) is 23.7 Å². The molecule has 0 radical (unpaired) electrons. The van der Waals surface area contributed by atoms with E-state index >= 15 is 0 Å². The van der Waals surface area contributed by atoms with E-state index in [4.69, 9.17) is 9.72 Å². The van der Waals surface area contributed by atoms with Gasteiger partial charge in [0.25, 0.3) is 5.56 Å². The lowest BCUT2D eigenvalue weighted by molar-refractivity contribution is -0.102. The molecule has 2 aromatic heterocycles. The van der Waals surface area contributed by atoms with Gasteiger partial charge < -0.3 is 9.72 Å². The molecular formula is C17H23N3O2S. The number of aryl methyl sites for hydroxylation is 2. The maximum absolute atomic E-state index is 12.5. The topological polar surface area (TPSA) is 58.2 Å². The lowest BCUT2D eigenvalue weighted by Crippen LogP contribution is -2.49. The number of ether oxygens (including phenoxy) is 1. The molecule has 0 amide bonds. The van der Waals surface area contributed by atoms with Crippen LogP contribution in [0.4, 0.5) is 0 Å². The largest absolute Gasteiger partial charge is 0.373 e. The van der Waals surface area contributed by atoms with Crippen LogP contribution in [0.15, 0.2) is 4.79 Å². The molecule has 3 heterocycles. The Morgan fingerprint density at radius 2 is 2.30 bits per heavy atom.